The Labute approximate surface area is 814 Å². The SMILES string of the molecule is O=C(O)C1=NN(c2ccc(S(=O)(=O)O)cc2)C(=O)C1N=Nc1cc(N=c2nc(Cl)[nH]c(=Nc3ccc(N=C(O)Nc4ccc(N=c5[nH]c(Cl)nc(=Nc6ccc(S(=O)(=O)O)c(N=NC7C(=O)N(c8ccc(S(=O)(=O)O)cc8)N=C7C(=O)O)c6)[nH]5)cc4S(=O)(=O)O)c(S(=O)(=O)O)c3)[nH]2)ccc1S(=O)(=O)O.[Na+].[Na+].[Na+].[Na+].[Na+].[Na+].[Na+].[Na+]. The number of hydrazone groups is 2. The summed E-state index contributed by atoms with van der Waals surface area (Å²) in [5.41, 5.74) is -7.96. The monoisotopic (exact) mass is 1770 g/mol. The zero-order chi connectivity index (χ0) is 75.9. The first kappa shape index (κ1) is 104. The molecule has 2 aliphatic rings. The maximum atomic E-state index is 13.4. The molecule has 0 spiro atoms. The van der Waals surface area contributed by atoms with Gasteiger partial charge in [-0.1, -0.05) is 0 Å². The molecule has 61 heteroatoms. The maximum Gasteiger partial charge on any atom is 1.00 e. The Bertz CT molecular complexity index is 6270. The zero-order valence-electron chi connectivity index (χ0n) is 58.2. The fourth-order valence-electron chi connectivity index (χ4n) is 8.81. The minimum atomic E-state index is -5.31. The van der Waals surface area contributed by atoms with Gasteiger partial charge in [-0.25, -0.2) is 29.6 Å². The minimum Gasteiger partial charge on any atom is -0.480 e. The summed E-state index contributed by atoms with van der Waals surface area (Å²) in [7, 11) is -30.3. The van der Waals surface area contributed by atoms with Crippen LogP contribution in [0.4, 0.5) is 56.9 Å². The molecule has 2 aromatic heterocycles. The number of carbonyl (C=O) groups excluding carboxylic acids is 2. The van der Waals surface area contributed by atoms with Crippen LogP contribution in [0.15, 0.2) is 206 Å². The molecule has 6 aromatic carbocycles. The Kier molecular flexibility index (Phi) is 39.4. The number of rotatable bonds is 20. The number of hydrogen-bond acceptors (Lipinski definition) is 29. The molecule has 2 atom stereocenters. The quantitative estimate of drug-likeness (QED) is 0.0111. The van der Waals surface area contributed by atoms with Crippen LogP contribution in [-0.2, 0) is 79.9 Å². The normalized spacial score (nSPS) is 15.3. The van der Waals surface area contributed by atoms with Crippen LogP contribution in [0.3, 0.4) is 0 Å². The molecule has 8 aromatic rings. The third-order valence-electron chi connectivity index (χ3n) is 13.2. The van der Waals surface area contributed by atoms with Crippen molar-refractivity contribution in [1.82, 2.24) is 29.9 Å². The second-order valence-corrected chi connectivity index (χ2v) is 29.4. The van der Waals surface area contributed by atoms with Gasteiger partial charge in [0.1, 0.15) is 31.0 Å². The van der Waals surface area contributed by atoms with E-state index in [1.54, 1.807) is 0 Å². The molecule has 2 aliphatic heterocycles. The van der Waals surface area contributed by atoms with Crippen molar-refractivity contribution in [2.24, 2.45) is 55.6 Å². The third-order valence-corrected chi connectivity index (χ3v) is 18.9. The van der Waals surface area contributed by atoms with Gasteiger partial charge >= 0.3 is 248 Å². The van der Waals surface area contributed by atoms with Crippen LogP contribution in [0, 0.1) is 0 Å². The summed E-state index contributed by atoms with van der Waals surface area (Å²) in [5.74, 6) is -5.96. The number of aromatic nitrogens is 6. The molecule has 0 radical (unpaired) electrons. The molecule has 2 unspecified atom stereocenters. The predicted molar refractivity (Wildman–Crippen MR) is 349 cm³/mol. The van der Waals surface area contributed by atoms with Crippen LogP contribution in [0.1, 0.15) is 0 Å². The maximum absolute atomic E-state index is 13.4. The van der Waals surface area contributed by atoms with Gasteiger partial charge < -0.3 is 30.6 Å². The van der Waals surface area contributed by atoms with Gasteiger partial charge in [-0.3, -0.25) is 46.9 Å². The Morgan fingerprint density at radius 2 is 0.750 bits per heavy atom. The molecule has 14 N–H and O–H groups in total. The van der Waals surface area contributed by atoms with Crippen molar-refractivity contribution in [3.63, 3.8) is 0 Å². The van der Waals surface area contributed by atoms with Gasteiger partial charge in [-0.15, -0.1) is 0 Å². The second-order valence-electron chi connectivity index (χ2n) is 20.2. The number of nitrogens with zero attached hydrogens (tertiary/aromatic N) is 15. The van der Waals surface area contributed by atoms with Gasteiger partial charge in [0.05, 0.1) is 55.3 Å². The molecule has 112 heavy (non-hydrogen) atoms. The van der Waals surface area contributed by atoms with E-state index in [9.17, 15) is 112 Å². The number of aromatic amines is 4. The molecular formula is C51H36Cl2N20Na8O25S6+8. The average Bonchev–Trinajstić information content (AvgIpc) is 1.63. The topological polar surface area (TPSA) is 699 Å². The van der Waals surface area contributed by atoms with Crippen molar-refractivity contribution in [2.75, 3.05) is 15.3 Å². The van der Waals surface area contributed by atoms with E-state index in [2.05, 4.69) is 90.8 Å². The van der Waals surface area contributed by atoms with Crippen molar-refractivity contribution in [3.05, 3.63) is 154 Å². The fraction of sp³-hybridized carbons (Fsp3) is 0.0392. The number of anilines is 3. The molecular weight excluding hydrogens is 1740 g/mol. The molecule has 10 rings (SSSR count). The molecule has 45 nitrogen and oxygen atoms in total. The van der Waals surface area contributed by atoms with E-state index in [1.165, 1.54) is 0 Å². The summed E-state index contributed by atoms with van der Waals surface area (Å²) in [6, 6.07) is 12.7. The number of hydrogen-bond donors (Lipinski definition) is 14. The third kappa shape index (κ3) is 26.6. The van der Waals surface area contributed by atoms with Crippen molar-refractivity contribution in [2.45, 2.75) is 41.5 Å². The predicted octanol–water partition coefficient (Wildman–Crippen LogP) is -20.9. The Morgan fingerprint density at radius 3 is 1.10 bits per heavy atom. The van der Waals surface area contributed by atoms with Crippen LogP contribution in [0.25, 0.3) is 0 Å². The standard InChI is InChI=1S/C51H36Cl2N20O25S6.8Na/c52-45-60-47(54-21-3-15-33(101(87,88)89)31(17-21)66-68-37-39(43(76)77)70-72(41(37)74)25-5-9-27(10-6-25)99(81,82)83)64-49(62-45)56-23-1-13-29(35(19-23)103(93,94)95)58-51(80)59-30-14-2-24(20-36(30)104(96,97)98)57-50-63-46(53)61-48(65-50)55-22-4-16-34(102(90,91)92)32(18-22)67-69-38-40(44(78)79)71-73(42(38)75)26-7-11-28(12-8-26)100(84,85)86;;;;;;;;/h1-20,37-38H,(H,76,77)(H,78,79)(H2,58,59,80)(H,81,82,83)(H,84,85,86)(H,87,88,89)(H,90,91,92)(H,93,94,95)(H,96,97,98)(H2,54,56,60,62,64)(H2,55,57,61,63,65);;;;;;;;/q;8*+1. The van der Waals surface area contributed by atoms with Crippen molar-refractivity contribution >= 4 is 182 Å². The van der Waals surface area contributed by atoms with E-state index >= 15 is 0 Å². The van der Waals surface area contributed by atoms with Crippen molar-refractivity contribution in [1.29, 1.82) is 0 Å². The second kappa shape index (κ2) is 42.3. The Hall–Kier alpha value is -3.73. The smallest absolute Gasteiger partial charge is 0.480 e. The van der Waals surface area contributed by atoms with Crippen molar-refractivity contribution in [3.8, 4) is 0 Å². The number of H-pyrrole nitrogens is 4. The number of halogens is 2. The largest absolute Gasteiger partial charge is 1.00 e. The first-order chi connectivity index (χ1) is 48.5. The summed E-state index contributed by atoms with van der Waals surface area (Å²) in [6.45, 7) is 0. The van der Waals surface area contributed by atoms with Gasteiger partial charge in [0.25, 0.3) is 78.5 Å². The van der Waals surface area contributed by atoms with Gasteiger partial charge in [0.15, 0.2) is 11.4 Å². The van der Waals surface area contributed by atoms with E-state index in [0.29, 0.717) is 16.1 Å². The number of aliphatic hydroxyl groups excluding tert-OH is 1. The molecule has 0 saturated heterocycles. The number of azo groups is 2. The number of aliphatic imine (C=N–C) groups is 1. The van der Waals surface area contributed by atoms with Gasteiger partial charge in [0, 0.05) is 0 Å². The number of amides is 2. The number of amidine groups is 1. The van der Waals surface area contributed by atoms with Crippen LogP contribution >= 0.6 is 23.2 Å². The van der Waals surface area contributed by atoms with Gasteiger partial charge in [0.2, 0.25) is 45.1 Å². The molecule has 0 aliphatic carbocycles. The number of carboxylic acids is 2. The average molecular weight is 1780 g/mol. The van der Waals surface area contributed by atoms with Gasteiger partial charge in [-0.05, 0) is 145 Å². The Balaban J connectivity index is 0.00000532. The summed E-state index contributed by atoms with van der Waals surface area (Å²) in [4.78, 5) is 84.3. The van der Waals surface area contributed by atoms with Crippen molar-refractivity contribution < 1.29 is 349 Å². The summed E-state index contributed by atoms with van der Waals surface area (Å²) in [6.07, 6.45) is 0. The van der Waals surface area contributed by atoms with E-state index in [1.807, 2.05) is 0 Å². The Morgan fingerprint density at radius 1 is 0.411 bits per heavy atom. The van der Waals surface area contributed by atoms with E-state index in [-0.39, 0.29) is 282 Å². The molecule has 0 saturated carbocycles. The molecule has 540 valence electrons. The number of carbonyl (C=O) groups is 4. The fourth-order valence-corrected chi connectivity index (χ4v) is 12.6. The van der Waals surface area contributed by atoms with E-state index < -0.39 is 188 Å². The summed E-state index contributed by atoms with van der Waals surface area (Å²) < 4.78 is 206. The summed E-state index contributed by atoms with van der Waals surface area (Å²) >= 11 is 12.4. The van der Waals surface area contributed by atoms with E-state index in [4.69, 9.17) is 23.2 Å². The minimum absolute atomic E-state index is 0. The van der Waals surface area contributed by atoms with Crippen LogP contribution in [-0.4, -0.2) is 176 Å². The molecule has 2 amide bonds. The van der Waals surface area contributed by atoms with Crippen LogP contribution in [0.2, 0.25) is 10.6 Å². The number of aliphatic hydroxyl groups is 1. The zero-order valence-corrected chi connectivity index (χ0v) is 80.6. The number of benzene rings is 6. The first-order valence-corrected chi connectivity index (χ1v) is 36.6. The number of carboxylic acid groups (broad SMARTS) is 2. The van der Waals surface area contributed by atoms with Crippen LogP contribution < -0.4 is 274 Å². The molecule has 0 bridgehead atoms. The summed E-state index contributed by atoms with van der Waals surface area (Å²) in [5, 5.41) is 55.0. The molecule has 0 fully saturated rings. The van der Waals surface area contributed by atoms with E-state index in [0.717, 1.165) is 115 Å². The van der Waals surface area contributed by atoms with Gasteiger partial charge in [-0.2, -0.15) is 106 Å². The first-order valence-electron chi connectivity index (χ1n) is 27.2. The number of aliphatic carboxylic acids is 2. The number of nitrogens with one attached hydrogen (secondary N) is 5. The van der Waals surface area contributed by atoms with Crippen LogP contribution in [0.5, 0.6) is 0 Å². The molecule has 4 heterocycles.